The van der Waals surface area contributed by atoms with Gasteiger partial charge in [0.25, 0.3) is 5.91 Å². The second-order valence-electron chi connectivity index (χ2n) is 3.85. The first-order chi connectivity index (χ1) is 9.11. The van der Waals surface area contributed by atoms with E-state index in [1.54, 1.807) is 31.3 Å². The molecule has 0 unspecified atom stereocenters. The van der Waals surface area contributed by atoms with Crippen molar-refractivity contribution in [2.24, 2.45) is 0 Å². The van der Waals surface area contributed by atoms with Gasteiger partial charge in [0.15, 0.2) is 0 Å². The minimum atomic E-state index is -0.294. The molecule has 1 heterocycles. The minimum absolute atomic E-state index is 0.209. The molecule has 0 saturated carbocycles. The maximum Gasteiger partial charge on any atom is 0.278 e. The van der Waals surface area contributed by atoms with Crippen molar-refractivity contribution in [2.75, 3.05) is 17.7 Å². The number of nitriles is 1. The van der Waals surface area contributed by atoms with Crippen LogP contribution in [0, 0.1) is 11.3 Å². The highest BCUT2D eigenvalue weighted by molar-refractivity contribution is 6.04. The first-order valence-corrected chi connectivity index (χ1v) is 5.47. The third-order valence-corrected chi connectivity index (χ3v) is 2.58. The number of hydrogen-bond acceptors (Lipinski definition) is 5. The number of hydrogen-bond donors (Lipinski definition) is 1. The van der Waals surface area contributed by atoms with Gasteiger partial charge >= 0.3 is 0 Å². The summed E-state index contributed by atoms with van der Waals surface area (Å²) in [5, 5.41) is 8.72. The smallest absolute Gasteiger partial charge is 0.278 e. The fourth-order valence-electron chi connectivity index (χ4n) is 1.50. The first kappa shape index (κ1) is 12.5. The molecule has 0 fully saturated rings. The molecule has 6 heteroatoms. The molecular weight excluding hydrogens is 242 g/mol. The number of carbonyl (C=O) groups is 1. The summed E-state index contributed by atoms with van der Waals surface area (Å²) in [7, 11) is 1.63. The summed E-state index contributed by atoms with van der Waals surface area (Å²) >= 11 is 0. The highest BCUT2D eigenvalue weighted by atomic mass is 16.2. The molecule has 1 aromatic heterocycles. The van der Waals surface area contributed by atoms with Crippen LogP contribution in [0.4, 0.5) is 11.5 Å². The highest BCUT2D eigenvalue weighted by Crippen LogP contribution is 2.15. The number of nitrogens with zero attached hydrogens (tertiary/aromatic N) is 4. The standard InChI is InChI=1S/C13H11N5O/c1-18(10-4-2-9(6-14)3-5-10)13(19)11-7-17-12(15)8-16-11/h2-5,7-8H,1H3,(H2,15,17). The Morgan fingerprint density at radius 1 is 1.26 bits per heavy atom. The van der Waals surface area contributed by atoms with Crippen molar-refractivity contribution >= 4 is 17.4 Å². The molecule has 94 valence electrons. The van der Waals surface area contributed by atoms with Gasteiger partial charge in [-0.15, -0.1) is 0 Å². The maximum absolute atomic E-state index is 12.1. The third-order valence-electron chi connectivity index (χ3n) is 2.58. The van der Waals surface area contributed by atoms with Crippen LogP contribution in [0.5, 0.6) is 0 Å². The molecule has 0 aliphatic rings. The quantitative estimate of drug-likeness (QED) is 0.867. The van der Waals surface area contributed by atoms with E-state index in [-0.39, 0.29) is 17.4 Å². The molecule has 0 aliphatic carbocycles. The number of carbonyl (C=O) groups excluding carboxylic acids is 1. The highest BCUT2D eigenvalue weighted by Gasteiger charge is 2.15. The van der Waals surface area contributed by atoms with Gasteiger partial charge in [0, 0.05) is 12.7 Å². The van der Waals surface area contributed by atoms with Gasteiger partial charge in [0.05, 0.1) is 24.0 Å². The summed E-state index contributed by atoms with van der Waals surface area (Å²) in [5.41, 5.74) is 6.83. The lowest BCUT2D eigenvalue weighted by Crippen LogP contribution is -2.27. The van der Waals surface area contributed by atoms with E-state index in [4.69, 9.17) is 11.0 Å². The monoisotopic (exact) mass is 253 g/mol. The van der Waals surface area contributed by atoms with E-state index in [2.05, 4.69) is 9.97 Å². The van der Waals surface area contributed by atoms with Crippen LogP contribution in [0.3, 0.4) is 0 Å². The van der Waals surface area contributed by atoms with Gasteiger partial charge in [0.2, 0.25) is 0 Å². The average Bonchev–Trinajstić information content (AvgIpc) is 2.46. The van der Waals surface area contributed by atoms with E-state index in [9.17, 15) is 4.79 Å². The molecule has 0 radical (unpaired) electrons. The molecule has 6 nitrogen and oxygen atoms in total. The molecule has 1 aromatic carbocycles. The van der Waals surface area contributed by atoms with E-state index in [0.29, 0.717) is 11.3 Å². The van der Waals surface area contributed by atoms with Crippen molar-refractivity contribution in [3.05, 3.63) is 47.9 Å². The largest absolute Gasteiger partial charge is 0.382 e. The molecule has 1 amide bonds. The topological polar surface area (TPSA) is 95.9 Å². The Hall–Kier alpha value is -2.94. The average molecular weight is 253 g/mol. The molecule has 2 aromatic rings. The Bertz CT molecular complexity index is 628. The summed E-state index contributed by atoms with van der Waals surface area (Å²) in [6.07, 6.45) is 2.66. The summed E-state index contributed by atoms with van der Waals surface area (Å²) < 4.78 is 0. The van der Waals surface area contributed by atoms with Crippen LogP contribution >= 0.6 is 0 Å². The molecular formula is C13H11N5O. The SMILES string of the molecule is CN(C(=O)c1cnc(N)cn1)c1ccc(C#N)cc1. The first-order valence-electron chi connectivity index (χ1n) is 5.47. The van der Waals surface area contributed by atoms with Gasteiger partial charge in [-0.1, -0.05) is 0 Å². The maximum atomic E-state index is 12.1. The Morgan fingerprint density at radius 3 is 2.47 bits per heavy atom. The lowest BCUT2D eigenvalue weighted by atomic mass is 10.2. The zero-order valence-electron chi connectivity index (χ0n) is 10.2. The fraction of sp³-hybridized carbons (Fsp3) is 0.0769. The van der Waals surface area contributed by atoms with Crippen LogP contribution < -0.4 is 10.6 Å². The third kappa shape index (κ3) is 2.66. The minimum Gasteiger partial charge on any atom is -0.382 e. The number of aromatic nitrogens is 2. The number of nitrogens with two attached hydrogens (primary N) is 1. The Balaban J connectivity index is 2.23. The second kappa shape index (κ2) is 5.14. The van der Waals surface area contributed by atoms with Crippen LogP contribution in [0.15, 0.2) is 36.7 Å². The normalized spacial score (nSPS) is 9.68. The van der Waals surface area contributed by atoms with Gasteiger partial charge in [-0.25, -0.2) is 9.97 Å². The molecule has 0 atom stereocenters. The number of rotatable bonds is 2. The molecule has 2 rings (SSSR count). The second-order valence-corrected chi connectivity index (χ2v) is 3.85. The summed E-state index contributed by atoms with van der Waals surface area (Å²) in [4.78, 5) is 21.3. The number of benzene rings is 1. The number of amides is 1. The van der Waals surface area contributed by atoms with Crippen molar-refractivity contribution < 1.29 is 4.79 Å². The zero-order valence-corrected chi connectivity index (χ0v) is 10.2. The van der Waals surface area contributed by atoms with Crippen LogP contribution in [-0.2, 0) is 0 Å². The van der Waals surface area contributed by atoms with Gasteiger partial charge in [-0.3, -0.25) is 4.79 Å². The van der Waals surface area contributed by atoms with Crippen LogP contribution in [0.25, 0.3) is 0 Å². The van der Waals surface area contributed by atoms with Crippen molar-refractivity contribution in [3.8, 4) is 6.07 Å². The predicted octanol–water partition coefficient (Wildman–Crippen LogP) is 1.21. The van der Waals surface area contributed by atoms with E-state index in [1.807, 2.05) is 6.07 Å². The molecule has 0 bridgehead atoms. The van der Waals surface area contributed by atoms with Gasteiger partial charge < -0.3 is 10.6 Å². The molecule has 2 N–H and O–H groups in total. The summed E-state index contributed by atoms with van der Waals surface area (Å²) in [6, 6.07) is 8.70. The Labute approximate surface area is 110 Å². The van der Waals surface area contributed by atoms with E-state index < -0.39 is 0 Å². The van der Waals surface area contributed by atoms with Crippen LogP contribution in [-0.4, -0.2) is 22.9 Å². The Kier molecular flexibility index (Phi) is 3.39. The summed E-state index contributed by atoms with van der Waals surface area (Å²) in [6.45, 7) is 0. The van der Waals surface area contributed by atoms with Gasteiger partial charge in [-0.2, -0.15) is 5.26 Å². The molecule has 19 heavy (non-hydrogen) atoms. The molecule has 0 saturated heterocycles. The van der Waals surface area contributed by atoms with Crippen molar-refractivity contribution in [1.82, 2.24) is 9.97 Å². The molecule has 0 aliphatic heterocycles. The van der Waals surface area contributed by atoms with Gasteiger partial charge in [-0.05, 0) is 24.3 Å². The molecule has 0 spiro atoms. The fourth-order valence-corrected chi connectivity index (χ4v) is 1.50. The van der Waals surface area contributed by atoms with E-state index >= 15 is 0 Å². The summed E-state index contributed by atoms with van der Waals surface area (Å²) in [5.74, 6) is -0.0326. The Morgan fingerprint density at radius 2 is 1.95 bits per heavy atom. The van der Waals surface area contributed by atoms with Crippen molar-refractivity contribution in [1.29, 1.82) is 5.26 Å². The van der Waals surface area contributed by atoms with Gasteiger partial charge in [0.1, 0.15) is 11.5 Å². The number of nitrogen functional groups attached to an aromatic ring is 1. The van der Waals surface area contributed by atoms with Crippen molar-refractivity contribution in [2.45, 2.75) is 0 Å². The zero-order chi connectivity index (χ0) is 13.8. The van der Waals surface area contributed by atoms with Crippen LogP contribution in [0.1, 0.15) is 16.1 Å². The van der Waals surface area contributed by atoms with E-state index in [0.717, 1.165) is 0 Å². The van der Waals surface area contributed by atoms with Crippen LogP contribution in [0.2, 0.25) is 0 Å². The lowest BCUT2D eigenvalue weighted by Gasteiger charge is -2.16. The van der Waals surface area contributed by atoms with E-state index in [1.165, 1.54) is 17.3 Å². The lowest BCUT2D eigenvalue weighted by molar-refractivity contribution is 0.0988. The number of anilines is 2. The predicted molar refractivity (Wildman–Crippen MR) is 70.3 cm³/mol. The van der Waals surface area contributed by atoms with Crippen molar-refractivity contribution in [3.63, 3.8) is 0 Å².